The molecular formula is C7H12O. The molecule has 0 fully saturated rings. The molecule has 1 nitrogen and oxygen atoms in total. The van der Waals surface area contributed by atoms with Crippen LogP contribution in [0.3, 0.4) is 0 Å². The third kappa shape index (κ3) is 5.52. The fourth-order valence-corrected chi connectivity index (χ4v) is 0.381. The molecule has 0 rings (SSSR count). The van der Waals surface area contributed by atoms with Crippen molar-refractivity contribution in [3.8, 4) is 11.8 Å². The quantitative estimate of drug-likeness (QED) is 0.420. The van der Waals surface area contributed by atoms with Gasteiger partial charge in [-0.25, -0.2) is 0 Å². The number of unbranched alkanes of at least 4 members (excludes halogenated alkanes) is 1. The summed E-state index contributed by atoms with van der Waals surface area (Å²) in [4.78, 5) is 0. The number of aliphatic hydroxyl groups is 1. The van der Waals surface area contributed by atoms with Gasteiger partial charge in [0.25, 0.3) is 0 Å². The Kier molecular flexibility index (Phi) is 6.13. The van der Waals surface area contributed by atoms with Gasteiger partial charge in [0.05, 0.1) is 0 Å². The summed E-state index contributed by atoms with van der Waals surface area (Å²) in [5, 5.41) is 8.30. The van der Waals surface area contributed by atoms with Gasteiger partial charge in [-0.05, 0) is 6.42 Å². The van der Waals surface area contributed by atoms with Gasteiger partial charge in [0, 0.05) is 19.4 Å². The van der Waals surface area contributed by atoms with Crippen LogP contribution in [0.15, 0.2) is 0 Å². The second-order valence-corrected chi connectivity index (χ2v) is 1.53. The molecule has 46 valence electrons. The van der Waals surface area contributed by atoms with E-state index in [2.05, 4.69) is 11.8 Å². The minimum atomic E-state index is 0.262. The maximum atomic E-state index is 8.30. The molecule has 0 bridgehead atoms. The molecule has 0 aromatic heterocycles. The first-order valence-electron chi connectivity index (χ1n) is 2.98. The van der Waals surface area contributed by atoms with E-state index in [0.29, 0.717) is 0 Å². The van der Waals surface area contributed by atoms with E-state index >= 15 is 0 Å². The fraction of sp³-hybridized carbons (Fsp3) is 0.714. The van der Waals surface area contributed by atoms with Crippen molar-refractivity contribution < 1.29 is 5.11 Å². The fourth-order valence-electron chi connectivity index (χ4n) is 0.381. The number of hydrogen-bond donors (Lipinski definition) is 1. The van der Waals surface area contributed by atoms with E-state index in [-0.39, 0.29) is 6.61 Å². The van der Waals surface area contributed by atoms with Crippen LogP contribution in [0.5, 0.6) is 0 Å². The van der Waals surface area contributed by atoms with Crippen molar-refractivity contribution in [2.45, 2.75) is 26.2 Å². The van der Waals surface area contributed by atoms with Crippen LogP contribution < -0.4 is 0 Å². The van der Waals surface area contributed by atoms with Gasteiger partial charge in [-0.3, -0.25) is 0 Å². The van der Waals surface area contributed by atoms with E-state index in [9.17, 15) is 0 Å². The minimum Gasteiger partial charge on any atom is -0.396 e. The van der Waals surface area contributed by atoms with Crippen LogP contribution in [0.1, 0.15) is 26.2 Å². The van der Waals surface area contributed by atoms with E-state index in [0.717, 1.165) is 19.3 Å². The van der Waals surface area contributed by atoms with Crippen molar-refractivity contribution in [3.63, 3.8) is 0 Å². The van der Waals surface area contributed by atoms with Gasteiger partial charge in [0.15, 0.2) is 0 Å². The zero-order valence-electron chi connectivity index (χ0n) is 5.28. The van der Waals surface area contributed by atoms with Crippen LogP contribution in [0.4, 0.5) is 0 Å². The number of aliphatic hydroxyl groups excluding tert-OH is 1. The third-order valence-corrected chi connectivity index (χ3v) is 0.762. The van der Waals surface area contributed by atoms with Gasteiger partial charge in [0.2, 0.25) is 0 Å². The molecule has 0 aliphatic carbocycles. The SMILES string of the molecule is CCC#CCCCO. The highest BCUT2D eigenvalue weighted by Crippen LogP contribution is 1.82. The standard InChI is InChI=1S/C7H12O/c1-2-3-4-5-6-7-8/h8H,2,5-7H2,1H3. The van der Waals surface area contributed by atoms with Gasteiger partial charge in [-0.15, -0.1) is 11.8 Å². The van der Waals surface area contributed by atoms with Crippen LogP contribution in [0.25, 0.3) is 0 Å². The Bertz CT molecular complexity index is 86.3. The van der Waals surface area contributed by atoms with E-state index in [1.807, 2.05) is 6.92 Å². The lowest BCUT2D eigenvalue weighted by molar-refractivity contribution is 0.290. The molecule has 0 aliphatic heterocycles. The van der Waals surface area contributed by atoms with Crippen molar-refractivity contribution in [3.05, 3.63) is 0 Å². The van der Waals surface area contributed by atoms with Crippen molar-refractivity contribution in [1.82, 2.24) is 0 Å². The Labute approximate surface area is 50.7 Å². The number of hydrogen-bond acceptors (Lipinski definition) is 1. The molecule has 8 heavy (non-hydrogen) atoms. The maximum absolute atomic E-state index is 8.30. The molecule has 0 aromatic carbocycles. The first-order valence-corrected chi connectivity index (χ1v) is 2.98. The third-order valence-electron chi connectivity index (χ3n) is 0.762. The average Bonchev–Trinajstić information content (AvgIpc) is 1.81. The smallest absolute Gasteiger partial charge is 0.0440 e. The molecule has 0 aromatic rings. The molecule has 0 saturated heterocycles. The molecule has 0 amide bonds. The normalized spacial score (nSPS) is 7.75. The molecule has 1 heteroatoms. The van der Waals surface area contributed by atoms with E-state index < -0.39 is 0 Å². The van der Waals surface area contributed by atoms with Crippen LogP contribution >= 0.6 is 0 Å². The molecule has 0 radical (unpaired) electrons. The van der Waals surface area contributed by atoms with Gasteiger partial charge >= 0.3 is 0 Å². The summed E-state index contributed by atoms with van der Waals surface area (Å²) < 4.78 is 0. The Morgan fingerprint density at radius 2 is 2.12 bits per heavy atom. The highest BCUT2D eigenvalue weighted by molar-refractivity contribution is 4.97. The van der Waals surface area contributed by atoms with E-state index in [4.69, 9.17) is 5.11 Å². The minimum absolute atomic E-state index is 0.262. The molecule has 0 atom stereocenters. The summed E-state index contributed by atoms with van der Waals surface area (Å²) >= 11 is 0. The molecule has 1 N–H and O–H groups in total. The Morgan fingerprint density at radius 3 is 2.62 bits per heavy atom. The summed E-state index contributed by atoms with van der Waals surface area (Å²) in [6.45, 7) is 2.28. The highest BCUT2D eigenvalue weighted by atomic mass is 16.2. The zero-order chi connectivity index (χ0) is 6.24. The number of rotatable bonds is 2. The predicted octanol–water partition coefficient (Wildman–Crippen LogP) is 1.17. The van der Waals surface area contributed by atoms with E-state index in [1.54, 1.807) is 0 Å². The predicted molar refractivity (Wildman–Crippen MR) is 34.4 cm³/mol. The molecule has 0 unspecified atom stereocenters. The average molecular weight is 112 g/mol. The largest absolute Gasteiger partial charge is 0.396 e. The summed E-state index contributed by atoms with van der Waals surface area (Å²) in [6.07, 6.45) is 2.57. The van der Waals surface area contributed by atoms with Crippen LogP contribution in [0, 0.1) is 11.8 Å². The zero-order valence-corrected chi connectivity index (χ0v) is 5.28. The summed E-state index contributed by atoms with van der Waals surface area (Å²) in [6, 6.07) is 0. The lowest BCUT2D eigenvalue weighted by atomic mass is 10.3. The molecule has 0 aliphatic rings. The summed E-state index contributed by atoms with van der Waals surface area (Å²) in [5.74, 6) is 5.85. The van der Waals surface area contributed by atoms with Crippen LogP contribution in [0.2, 0.25) is 0 Å². The first kappa shape index (κ1) is 7.52. The molecule has 0 heterocycles. The first-order chi connectivity index (χ1) is 3.91. The highest BCUT2D eigenvalue weighted by Gasteiger charge is 1.74. The second-order valence-electron chi connectivity index (χ2n) is 1.53. The molecular weight excluding hydrogens is 100 g/mol. The van der Waals surface area contributed by atoms with Crippen LogP contribution in [-0.4, -0.2) is 11.7 Å². The Hall–Kier alpha value is -0.480. The maximum Gasteiger partial charge on any atom is 0.0440 e. The Balaban J connectivity index is 2.90. The second kappa shape index (κ2) is 6.52. The lowest BCUT2D eigenvalue weighted by Crippen LogP contribution is -1.78. The van der Waals surface area contributed by atoms with Crippen molar-refractivity contribution >= 4 is 0 Å². The lowest BCUT2D eigenvalue weighted by Gasteiger charge is -1.81. The summed E-state index contributed by atoms with van der Waals surface area (Å²) in [7, 11) is 0. The topological polar surface area (TPSA) is 20.2 Å². The monoisotopic (exact) mass is 112 g/mol. The molecule has 0 saturated carbocycles. The molecule has 0 spiro atoms. The van der Waals surface area contributed by atoms with Crippen molar-refractivity contribution in [1.29, 1.82) is 0 Å². The Morgan fingerprint density at radius 1 is 1.38 bits per heavy atom. The summed E-state index contributed by atoms with van der Waals surface area (Å²) in [5.41, 5.74) is 0. The van der Waals surface area contributed by atoms with Gasteiger partial charge in [-0.2, -0.15) is 0 Å². The van der Waals surface area contributed by atoms with Crippen molar-refractivity contribution in [2.75, 3.05) is 6.61 Å². The van der Waals surface area contributed by atoms with E-state index in [1.165, 1.54) is 0 Å². The van der Waals surface area contributed by atoms with Gasteiger partial charge in [-0.1, -0.05) is 6.92 Å². The van der Waals surface area contributed by atoms with Crippen molar-refractivity contribution in [2.24, 2.45) is 0 Å². The van der Waals surface area contributed by atoms with Gasteiger partial charge in [0.1, 0.15) is 0 Å². The van der Waals surface area contributed by atoms with Crippen LogP contribution in [-0.2, 0) is 0 Å². The van der Waals surface area contributed by atoms with Gasteiger partial charge < -0.3 is 5.11 Å².